The third kappa shape index (κ3) is 3.87. The summed E-state index contributed by atoms with van der Waals surface area (Å²) in [6.45, 7) is 4.01. The van der Waals surface area contributed by atoms with Gasteiger partial charge < -0.3 is 9.47 Å². The molecule has 0 atom stereocenters. The zero-order valence-corrected chi connectivity index (χ0v) is 15.7. The third-order valence-corrected chi connectivity index (χ3v) is 4.67. The predicted octanol–water partition coefficient (Wildman–Crippen LogP) is -0.275. The van der Waals surface area contributed by atoms with Crippen molar-refractivity contribution in [3.8, 4) is 11.7 Å². The van der Waals surface area contributed by atoms with Gasteiger partial charge in [0, 0.05) is 26.7 Å². The van der Waals surface area contributed by atoms with Gasteiger partial charge in [-0.1, -0.05) is 5.10 Å². The normalized spacial score (nSPS) is 15.0. The number of fused-ring (bicyclic) bond motifs is 1. The Bertz CT molecular complexity index is 1140. The molecule has 1 aromatic carbocycles. The average Bonchev–Trinajstić information content (AvgIpc) is 2.75. The molecule has 0 spiro atoms. The van der Waals surface area contributed by atoms with Crippen LogP contribution < -0.4 is 16.0 Å². The average molecular weight is 402 g/mol. The second-order valence-corrected chi connectivity index (χ2v) is 6.53. The van der Waals surface area contributed by atoms with Crippen molar-refractivity contribution < 1.29 is 13.9 Å². The summed E-state index contributed by atoms with van der Waals surface area (Å²) < 4.78 is 26.2. The number of hydrogen-bond acceptors (Lipinski definition) is 8. The van der Waals surface area contributed by atoms with E-state index < -0.39 is 17.1 Å². The number of aromatic nitrogens is 5. The predicted molar refractivity (Wildman–Crippen MR) is 101 cm³/mol. The minimum atomic E-state index is -0.633. The van der Waals surface area contributed by atoms with Gasteiger partial charge in [0.05, 0.1) is 18.9 Å². The molecule has 11 heteroatoms. The Hall–Kier alpha value is -3.18. The van der Waals surface area contributed by atoms with E-state index in [0.717, 1.165) is 22.2 Å². The molecule has 0 N–H and O–H groups in total. The standard InChI is InChI=1S/C18H19FN6O4/c1-23-16(26)14-15(25(18(23)27)13-4-2-12(19)3-5-13)21-22-17(20-14)29-11-8-24-6-9-28-10-7-24/h2-5H,6-11H2,1H3. The summed E-state index contributed by atoms with van der Waals surface area (Å²) in [6.07, 6.45) is 0. The van der Waals surface area contributed by atoms with Crippen LogP contribution in [0, 0.1) is 5.82 Å². The smallest absolute Gasteiger partial charge is 0.337 e. The van der Waals surface area contributed by atoms with Gasteiger partial charge >= 0.3 is 11.7 Å². The van der Waals surface area contributed by atoms with Crippen molar-refractivity contribution in [2.24, 2.45) is 7.05 Å². The molecule has 1 fully saturated rings. The van der Waals surface area contributed by atoms with E-state index in [1.807, 2.05) is 0 Å². The first-order valence-corrected chi connectivity index (χ1v) is 9.10. The van der Waals surface area contributed by atoms with E-state index in [2.05, 4.69) is 20.1 Å². The summed E-state index contributed by atoms with van der Waals surface area (Å²) in [5.41, 5.74) is -0.991. The van der Waals surface area contributed by atoms with Crippen molar-refractivity contribution in [3.63, 3.8) is 0 Å². The number of ether oxygens (including phenoxy) is 2. The number of hydrogen-bond donors (Lipinski definition) is 0. The van der Waals surface area contributed by atoms with E-state index in [1.54, 1.807) is 0 Å². The van der Waals surface area contributed by atoms with Crippen molar-refractivity contribution in [2.75, 3.05) is 39.5 Å². The maximum Gasteiger partial charge on any atom is 0.337 e. The topological polar surface area (TPSA) is 104 Å². The Labute approximate surface area is 164 Å². The first-order chi connectivity index (χ1) is 14.0. The van der Waals surface area contributed by atoms with Gasteiger partial charge in [-0.25, -0.2) is 13.8 Å². The summed E-state index contributed by atoms with van der Waals surface area (Å²) in [6, 6.07) is 5.20. The van der Waals surface area contributed by atoms with Gasteiger partial charge in [0.1, 0.15) is 12.4 Å². The molecule has 0 radical (unpaired) electrons. The van der Waals surface area contributed by atoms with Crippen LogP contribution in [0.3, 0.4) is 0 Å². The van der Waals surface area contributed by atoms with Crippen LogP contribution in [0.1, 0.15) is 0 Å². The van der Waals surface area contributed by atoms with Crippen molar-refractivity contribution in [1.82, 2.24) is 29.2 Å². The molecule has 4 rings (SSSR count). The van der Waals surface area contributed by atoms with E-state index in [9.17, 15) is 14.0 Å². The maximum atomic E-state index is 13.3. The summed E-state index contributed by atoms with van der Waals surface area (Å²) in [7, 11) is 1.34. The highest BCUT2D eigenvalue weighted by atomic mass is 19.1. The van der Waals surface area contributed by atoms with Crippen LogP contribution in [0.5, 0.6) is 6.01 Å². The van der Waals surface area contributed by atoms with Crippen LogP contribution in [0.4, 0.5) is 4.39 Å². The lowest BCUT2D eigenvalue weighted by atomic mass is 10.3. The fourth-order valence-corrected chi connectivity index (χ4v) is 3.06. The Morgan fingerprint density at radius 2 is 1.86 bits per heavy atom. The highest BCUT2D eigenvalue weighted by Gasteiger charge is 2.17. The molecule has 0 unspecified atom stereocenters. The summed E-state index contributed by atoms with van der Waals surface area (Å²) in [5, 5.41) is 7.89. The van der Waals surface area contributed by atoms with Gasteiger partial charge in [-0.05, 0) is 24.3 Å². The van der Waals surface area contributed by atoms with E-state index in [-0.39, 0.29) is 17.2 Å². The van der Waals surface area contributed by atoms with Gasteiger partial charge in [0.2, 0.25) is 0 Å². The Balaban J connectivity index is 1.66. The zero-order valence-electron chi connectivity index (χ0n) is 15.7. The van der Waals surface area contributed by atoms with E-state index in [0.29, 0.717) is 32.1 Å². The molecule has 10 nitrogen and oxygen atoms in total. The summed E-state index contributed by atoms with van der Waals surface area (Å²) in [4.78, 5) is 31.5. The number of morpholine rings is 1. The van der Waals surface area contributed by atoms with Crippen LogP contribution >= 0.6 is 0 Å². The third-order valence-electron chi connectivity index (χ3n) is 4.67. The maximum absolute atomic E-state index is 13.3. The molecule has 2 aromatic heterocycles. The van der Waals surface area contributed by atoms with Crippen molar-refractivity contribution in [2.45, 2.75) is 0 Å². The van der Waals surface area contributed by atoms with Crippen LogP contribution in [-0.4, -0.2) is 68.7 Å². The van der Waals surface area contributed by atoms with Gasteiger partial charge in [-0.3, -0.25) is 14.3 Å². The minimum Gasteiger partial charge on any atom is -0.461 e. The molecular formula is C18H19FN6O4. The van der Waals surface area contributed by atoms with Gasteiger partial charge in [0.15, 0.2) is 11.2 Å². The Morgan fingerprint density at radius 3 is 2.59 bits per heavy atom. The van der Waals surface area contributed by atoms with Gasteiger partial charge in [-0.15, -0.1) is 5.10 Å². The van der Waals surface area contributed by atoms with E-state index in [1.165, 1.54) is 31.3 Å². The number of halogens is 1. The molecule has 1 saturated heterocycles. The monoisotopic (exact) mass is 402 g/mol. The molecule has 0 saturated carbocycles. The van der Waals surface area contributed by atoms with Crippen LogP contribution in [0.2, 0.25) is 0 Å². The first kappa shape index (κ1) is 19.2. The summed E-state index contributed by atoms with van der Waals surface area (Å²) >= 11 is 0. The SMILES string of the molecule is Cn1c(=O)c2nc(OCCN3CCOCC3)nnc2n(-c2ccc(F)cc2)c1=O. The molecule has 1 aliphatic rings. The van der Waals surface area contributed by atoms with Gasteiger partial charge in [0.25, 0.3) is 5.56 Å². The highest BCUT2D eigenvalue weighted by Crippen LogP contribution is 2.13. The molecule has 29 heavy (non-hydrogen) atoms. The zero-order chi connectivity index (χ0) is 20.4. The Morgan fingerprint density at radius 1 is 1.14 bits per heavy atom. The first-order valence-electron chi connectivity index (χ1n) is 9.10. The second-order valence-electron chi connectivity index (χ2n) is 6.53. The van der Waals surface area contributed by atoms with Crippen molar-refractivity contribution >= 4 is 11.2 Å². The van der Waals surface area contributed by atoms with Crippen molar-refractivity contribution in [3.05, 3.63) is 50.9 Å². The largest absolute Gasteiger partial charge is 0.461 e. The fraction of sp³-hybridized carbons (Fsp3) is 0.389. The quantitative estimate of drug-likeness (QED) is 0.574. The lowest BCUT2D eigenvalue weighted by molar-refractivity contribution is 0.0316. The lowest BCUT2D eigenvalue weighted by Crippen LogP contribution is -2.39. The number of benzene rings is 1. The summed E-state index contributed by atoms with van der Waals surface area (Å²) in [5.74, 6) is -0.448. The van der Waals surface area contributed by atoms with E-state index >= 15 is 0 Å². The Kier molecular flexibility index (Phi) is 5.32. The molecule has 0 aliphatic carbocycles. The molecule has 0 bridgehead atoms. The molecule has 3 aromatic rings. The van der Waals surface area contributed by atoms with Crippen LogP contribution in [0.25, 0.3) is 16.9 Å². The fourth-order valence-electron chi connectivity index (χ4n) is 3.06. The van der Waals surface area contributed by atoms with E-state index in [4.69, 9.17) is 9.47 Å². The highest BCUT2D eigenvalue weighted by molar-refractivity contribution is 5.70. The van der Waals surface area contributed by atoms with Crippen LogP contribution in [0.15, 0.2) is 33.9 Å². The lowest BCUT2D eigenvalue weighted by Gasteiger charge is -2.26. The number of nitrogens with zero attached hydrogens (tertiary/aromatic N) is 6. The minimum absolute atomic E-state index is 0.0229. The molecule has 3 heterocycles. The number of rotatable bonds is 5. The molecule has 1 aliphatic heterocycles. The molecule has 0 amide bonds. The van der Waals surface area contributed by atoms with Crippen LogP contribution in [-0.2, 0) is 11.8 Å². The second kappa shape index (κ2) is 8.05. The molecule has 152 valence electrons. The van der Waals surface area contributed by atoms with Gasteiger partial charge in [-0.2, -0.15) is 4.98 Å². The van der Waals surface area contributed by atoms with Crippen molar-refractivity contribution in [1.29, 1.82) is 0 Å². The molecular weight excluding hydrogens is 383 g/mol.